The van der Waals surface area contributed by atoms with E-state index in [9.17, 15) is 9.90 Å². The monoisotopic (exact) mass is 232 g/mol. The molecule has 0 aromatic carbocycles. The van der Waals surface area contributed by atoms with Crippen LogP contribution in [-0.4, -0.2) is 5.97 Å². The summed E-state index contributed by atoms with van der Waals surface area (Å²) in [6, 6.07) is 0. The number of hydrogen-bond acceptors (Lipinski definition) is 2. The molecule has 1 aliphatic rings. The van der Waals surface area contributed by atoms with Crippen LogP contribution in [0, 0.1) is 5.92 Å². The molecule has 0 heterocycles. The summed E-state index contributed by atoms with van der Waals surface area (Å²) in [5.74, 6) is -0.0936. The number of carboxylic acid groups (broad SMARTS) is 1. The van der Waals surface area contributed by atoms with Gasteiger partial charge in [-0.3, -0.25) is 0 Å². The standard InChI is InChI=1S/C10H18O2.Cu/c11-10(12)8-4-7-9-5-2-1-3-6-9;/h9H,1-8H2,(H,11,12);/q;+1/p-1. The molecule has 0 amide bonds. The summed E-state index contributed by atoms with van der Waals surface area (Å²) >= 11 is 0. The minimum absolute atomic E-state index is 0. The van der Waals surface area contributed by atoms with Crippen molar-refractivity contribution >= 4 is 5.97 Å². The minimum atomic E-state index is -0.897. The molecule has 1 aliphatic carbocycles. The Morgan fingerprint density at radius 1 is 1.23 bits per heavy atom. The molecule has 0 radical (unpaired) electrons. The van der Waals surface area contributed by atoms with E-state index in [1.807, 2.05) is 0 Å². The fourth-order valence-electron chi connectivity index (χ4n) is 2.01. The summed E-state index contributed by atoms with van der Waals surface area (Å²) in [6.45, 7) is 0. The van der Waals surface area contributed by atoms with Gasteiger partial charge in [0.2, 0.25) is 0 Å². The molecule has 0 saturated heterocycles. The normalized spacial score (nSPS) is 17.8. The molecule has 80 valence electrons. The number of carbonyl (C=O) groups is 1. The average Bonchev–Trinajstić information content (AvgIpc) is 2.05. The summed E-state index contributed by atoms with van der Waals surface area (Å²) < 4.78 is 0. The Morgan fingerprint density at radius 2 is 1.85 bits per heavy atom. The number of hydrogen-bond donors (Lipinski definition) is 0. The van der Waals surface area contributed by atoms with E-state index in [1.165, 1.54) is 32.1 Å². The second-order valence-corrected chi connectivity index (χ2v) is 3.77. The van der Waals surface area contributed by atoms with Gasteiger partial charge in [-0.2, -0.15) is 0 Å². The van der Waals surface area contributed by atoms with Crippen LogP contribution < -0.4 is 5.11 Å². The van der Waals surface area contributed by atoms with E-state index >= 15 is 0 Å². The Labute approximate surface area is 90.6 Å². The molecule has 1 saturated carbocycles. The molecule has 0 spiro atoms. The zero-order valence-corrected chi connectivity index (χ0v) is 8.79. The summed E-state index contributed by atoms with van der Waals surface area (Å²) in [7, 11) is 0. The van der Waals surface area contributed by atoms with Crippen LogP contribution in [0.3, 0.4) is 0 Å². The molecule has 0 aliphatic heterocycles. The van der Waals surface area contributed by atoms with Crippen molar-refractivity contribution < 1.29 is 27.0 Å². The smallest absolute Gasteiger partial charge is 0.550 e. The first kappa shape index (κ1) is 13.0. The van der Waals surface area contributed by atoms with E-state index in [1.54, 1.807) is 0 Å². The Bertz CT molecular complexity index is 142. The Hall–Kier alpha value is -0.0105. The third-order valence-electron chi connectivity index (χ3n) is 2.72. The van der Waals surface area contributed by atoms with Crippen molar-refractivity contribution in [1.29, 1.82) is 0 Å². The van der Waals surface area contributed by atoms with Crippen LogP contribution in [0.25, 0.3) is 0 Å². The van der Waals surface area contributed by atoms with Crippen LogP contribution in [0.5, 0.6) is 0 Å². The molecule has 0 aromatic rings. The molecule has 13 heavy (non-hydrogen) atoms. The van der Waals surface area contributed by atoms with Crippen molar-refractivity contribution in [1.82, 2.24) is 0 Å². The minimum Gasteiger partial charge on any atom is -0.550 e. The SMILES string of the molecule is O=C([O-])CCCC1CCCCC1.[Cu+]. The first-order valence-electron chi connectivity index (χ1n) is 4.99. The van der Waals surface area contributed by atoms with Crippen LogP contribution in [-0.2, 0) is 21.9 Å². The van der Waals surface area contributed by atoms with Crippen LogP contribution in [0.2, 0.25) is 0 Å². The molecule has 0 N–H and O–H groups in total. The fraction of sp³-hybridized carbons (Fsp3) is 0.900. The van der Waals surface area contributed by atoms with Crippen LogP contribution in [0.15, 0.2) is 0 Å². The fourth-order valence-corrected chi connectivity index (χ4v) is 2.01. The van der Waals surface area contributed by atoms with E-state index < -0.39 is 5.97 Å². The summed E-state index contributed by atoms with van der Waals surface area (Å²) in [5.41, 5.74) is 0. The first-order chi connectivity index (χ1) is 5.79. The van der Waals surface area contributed by atoms with E-state index in [4.69, 9.17) is 0 Å². The third-order valence-corrected chi connectivity index (χ3v) is 2.72. The molecule has 1 fully saturated rings. The Morgan fingerprint density at radius 3 is 2.38 bits per heavy atom. The predicted molar refractivity (Wildman–Crippen MR) is 45.4 cm³/mol. The van der Waals surface area contributed by atoms with Crippen LogP contribution in [0.4, 0.5) is 0 Å². The molecule has 0 atom stereocenters. The Balaban J connectivity index is 0.00000144. The largest absolute Gasteiger partial charge is 1.00 e. The van der Waals surface area contributed by atoms with Gasteiger partial charge in [-0.25, -0.2) is 0 Å². The van der Waals surface area contributed by atoms with Gasteiger partial charge in [0, 0.05) is 5.97 Å². The molecule has 0 unspecified atom stereocenters. The molecular weight excluding hydrogens is 216 g/mol. The molecule has 0 aromatic heterocycles. The number of carboxylic acids is 1. The second kappa shape index (κ2) is 7.40. The average molecular weight is 233 g/mol. The van der Waals surface area contributed by atoms with Gasteiger partial charge in [-0.05, 0) is 18.8 Å². The second-order valence-electron chi connectivity index (χ2n) is 3.77. The van der Waals surface area contributed by atoms with Crippen molar-refractivity contribution in [3.8, 4) is 0 Å². The summed E-state index contributed by atoms with van der Waals surface area (Å²) in [4.78, 5) is 10.1. The van der Waals surface area contributed by atoms with E-state index in [2.05, 4.69) is 0 Å². The quantitative estimate of drug-likeness (QED) is 0.689. The van der Waals surface area contributed by atoms with Gasteiger partial charge in [0.25, 0.3) is 0 Å². The van der Waals surface area contributed by atoms with Crippen molar-refractivity contribution in [2.45, 2.75) is 51.4 Å². The zero-order chi connectivity index (χ0) is 8.81. The maximum Gasteiger partial charge on any atom is 1.00 e. The van der Waals surface area contributed by atoms with E-state index in [0.29, 0.717) is 0 Å². The van der Waals surface area contributed by atoms with Crippen molar-refractivity contribution in [3.63, 3.8) is 0 Å². The van der Waals surface area contributed by atoms with Gasteiger partial charge in [-0.1, -0.05) is 38.5 Å². The van der Waals surface area contributed by atoms with Gasteiger partial charge in [-0.15, -0.1) is 0 Å². The van der Waals surface area contributed by atoms with Crippen molar-refractivity contribution in [2.75, 3.05) is 0 Å². The van der Waals surface area contributed by atoms with Crippen LogP contribution >= 0.6 is 0 Å². The van der Waals surface area contributed by atoms with Crippen molar-refractivity contribution in [2.24, 2.45) is 5.92 Å². The molecule has 3 heteroatoms. The van der Waals surface area contributed by atoms with Gasteiger partial charge in [0.05, 0.1) is 0 Å². The van der Waals surface area contributed by atoms with Crippen molar-refractivity contribution in [3.05, 3.63) is 0 Å². The molecular formula is C10H17CuO2. The Kier molecular flexibility index (Phi) is 7.39. The van der Waals surface area contributed by atoms with E-state index in [-0.39, 0.29) is 23.5 Å². The van der Waals surface area contributed by atoms with Gasteiger partial charge in [0.1, 0.15) is 0 Å². The molecule has 0 bridgehead atoms. The maximum absolute atomic E-state index is 10.1. The molecule has 2 nitrogen and oxygen atoms in total. The van der Waals surface area contributed by atoms with Gasteiger partial charge >= 0.3 is 17.1 Å². The number of carbonyl (C=O) groups excluding carboxylic acids is 1. The van der Waals surface area contributed by atoms with Gasteiger partial charge in [0.15, 0.2) is 0 Å². The summed E-state index contributed by atoms with van der Waals surface area (Å²) in [5, 5.41) is 10.1. The zero-order valence-electron chi connectivity index (χ0n) is 7.85. The predicted octanol–water partition coefficient (Wildman–Crippen LogP) is 1.48. The van der Waals surface area contributed by atoms with Gasteiger partial charge < -0.3 is 9.90 Å². The van der Waals surface area contributed by atoms with E-state index in [0.717, 1.165) is 18.8 Å². The van der Waals surface area contributed by atoms with Crippen LogP contribution in [0.1, 0.15) is 51.4 Å². The number of aliphatic carboxylic acids is 1. The maximum atomic E-state index is 10.1. The topological polar surface area (TPSA) is 40.1 Å². The first-order valence-corrected chi connectivity index (χ1v) is 4.99. The number of rotatable bonds is 4. The molecule has 1 rings (SSSR count). The summed E-state index contributed by atoms with van der Waals surface area (Å²) in [6.07, 6.45) is 8.83. The third kappa shape index (κ3) is 6.11.